The fourth-order valence-corrected chi connectivity index (χ4v) is 4.05. The molecule has 18 heavy (non-hydrogen) atoms. The van der Waals surface area contributed by atoms with Gasteiger partial charge in [0, 0.05) is 16.8 Å². The van der Waals surface area contributed by atoms with E-state index in [1.165, 1.54) is 25.7 Å². The first-order chi connectivity index (χ1) is 8.53. The molecule has 2 nitrogen and oxygen atoms in total. The van der Waals surface area contributed by atoms with E-state index >= 15 is 0 Å². The lowest BCUT2D eigenvalue weighted by Gasteiger charge is -2.30. The molecular weight excluding hydrogens is 290 g/mol. The average Bonchev–Trinajstić information content (AvgIpc) is 3.06. The highest BCUT2D eigenvalue weighted by atomic mass is 79.9. The average molecular weight is 316 g/mol. The van der Waals surface area contributed by atoms with E-state index in [1.54, 1.807) is 0 Å². The summed E-state index contributed by atoms with van der Waals surface area (Å²) >= 11 is 3.70. The van der Waals surface area contributed by atoms with E-state index in [1.807, 2.05) is 0 Å². The number of carbonyl (C=O) groups is 1. The van der Waals surface area contributed by atoms with Crippen molar-refractivity contribution in [3.8, 4) is 0 Å². The van der Waals surface area contributed by atoms with Gasteiger partial charge in [-0.1, -0.05) is 42.6 Å². The summed E-state index contributed by atoms with van der Waals surface area (Å²) < 4.78 is 0. The van der Waals surface area contributed by atoms with E-state index in [4.69, 9.17) is 0 Å². The second-order valence-corrected chi connectivity index (χ2v) is 7.83. The molecule has 0 saturated heterocycles. The number of halogens is 1. The number of nitrogens with one attached hydrogen (secondary N) is 1. The number of hydrogen-bond acceptors (Lipinski definition) is 1. The third-order valence-electron chi connectivity index (χ3n) is 4.43. The molecule has 0 aromatic rings. The Bertz CT molecular complexity index is 293. The molecule has 1 amide bonds. The molecule has 104 valence electrons. The minimum Gasteiger partial charge on any atom is -0.354 e. The Morgan fingerprint density at radius 2 is 1.94 bits per heavy atom. The van der Waals surface area contributed by atoms with Crippen molar-refractivity contribution in [3.05, 3.63) is 0 Å². The van der Waals surface area contributed by atoms with Gasteiger partial charge in [0.1, 0.15) is 0 Å². The third-order valence-corrected chi connectivity index (χ3v) is 5.50. The van der Waals surface area contributed by atoms with Gasteiger partial charge < -0.3 is 5.32 Å². The topological polar surface area (TPSA) is 29.1 Å². The highest BCUT2D eigenvalue weighted by Gasteiger charge is 2.41. The molecule has 0 aromatic carbocycles. The van der Waals surface area contributed by atoms with Crippen LogP contribution in [0.5, 0.6) is 0 Å². The van der Waals surface area contributed by atoms with E-state index in [9.17, 15) is 4.79 Å². The molecule has 0 bridgehead atoms. The monoisotopic (exact) mass is 315 g/mol. The minimum atomic E-state index is -0.0512. The predicted molar refractivity (Wildman–Crippen MR) is 78.8 cm³/mol. The van der Waals surface area contributed by atoms with Gasteiger partial charge >= 0.3 is 0 Å². The van der Waals surface area contributed by atoms with Gasteiger partial charge in [-0.25, -0.2) is 0 Å². The summed E-state index contributed by atoms with van der Waals surface area (Å²) in [5, 5.41) is 3.21. The van der Waals surface area contributed by atoms with E-state index in [0.29, 0.717) is 16.7 Å². The maximum absolute atomic E-state index is 12.5. The molecule has 0 heterocycles. The fraction of sp³-hybridized carbons (Fsp3) is 0.933. The molecule has 1 unspecified atom stereocenters. The van der Waals surface area contributed by atoms with E-state index in [-0.39, 0.29) is 5.41 Å². The van der Waals surface area contributed by atoms with Crippen LogP contribution in [-0.2, 0) is 4.79 Å². The SMILES string of the molecule is CC(C)CC1(C(=O)NCC(Br)C2CC2)CCCC1. The molecule has 2 aliphatic carbocycles. The van der Waals surface area contributed by atoms with E-state index in [2.05, 4.69) is 35.1 Å². The molecule has 0 spiro atoms. The molecule has 1 N–H and O–H groups in total. The van der Waals surface area contributed by atoms with Crippen LogP contribution in [0.15, 0.2) is 0 Å². The molecule has 2 rings (SSSR count). The van der Waals surface area contributed by atoms with E-state index < -0.39 is 0 Å². The number of hydrogen-bond donors (Lipinski definition) is 1. The van der Waals surface area contributed by atoms with Gasteiger partial charge in [0.2, 0.25) is 5.91 Å². The Labute approximate surface area is 119 Å². The van der Waals surface area contributed by atoms with Gasteiger partial charge in [-0.2, -0.15) is 0 Å². The van der Waals surface area contributed by atoms with Crippen molar-refractivity contribution in [1.29, 1.82) is 0 Å². The first-order valence-corrected chi connectivity index (χ1v) is 8.37. The van der Waals surface area contributed by atoms with Crippen molar-refractivity contribution in [2.75, 3.05) is 6.54 Å². The second kappa shape index (κ2) is 5.94. The highest BCUT2D eigenvalue weighted by Crippen LogP contribution is 2.43. The lowest BCUT2D eigenvalue weighted by molar-refractivity contribution is -0.131. The van der Waals surface area contributed by atoms with Crippen LogP contribution in [0.2, 0.25) is 0 Å². The molecule has 2 fully saturated rings. The summed E-state index contributed by atoms with van der Waals surface area (Å²) in [7, 11) is 0. The highest BCUT2D eigenvalue weighted by molar-refractivity contribution is 9.09. The number of carbonyl (C=O) groups excluding carboxylic acids is 1. The zero-order valence-electron chi connectivity index (χ0n) is 11.7. The molecule has 2 saturated carbocycles. The molecule has 0 radical (unpaired) electrons. The third kappa shape index (κ3) is 3.49. The van der Waals surface area contributed by atoms with Gasteiger partial charge in [0.05, 0.1) is 0 Å². The standard InChI is InChI=1S/C15H26BrNO/c1-11(2)9-15(7-3-4-8-15)14(18)17-10-13(16)12-5-6-12/h11-13H,3-10H2,1-2H3,(H,17,18). The van der Waals surface area contributed by atoms with Crippen LogP contribution in [0, 0.1) is 17.3 Å². The number of alkyl halides is 1. The van der Waals surface area contributed by atoms with Crippen molar-refractivity contribution in [2.24, 2.45) is 17.3 Å². The molecule has 1 atom stereocenters. The smallest absolute Gasteiger partial charge is 0.226 e. The lowest BCUT2D eigenvalue weighted by atomic mass is 9.77. The Hall–Kier alpha value is -0.0500. The Morgan fingerprint density at radius 3 is 2.44 bits per heavy atom. The van der Waals surface area contributed by atoms with Gasteiger partial charge in [-0.15, -0.1) is 0 Å². The maximum atomic E-state index is 12.5. The predicted octanol–water partition coefficient (Wildman–Crippen LogP) is 3.88. The van der Waals surface area contributed by atoms with Gasteiger partial charge in [0.15, 0.2) is 0 Å². The maximum Gasteiger partial charge on any atom is 0.226 e. The van der Waals surface area contributed by atoms with Crippen molar-refractivity contribution < 1.29 is 4.79 Å². The Kier molecular flexibility index (Phi) is 4.74. The number of amides is 1. The summed E-state index contributed by atoms with van der Waals surface area (Å²) in [6.45, 7) is 5.26. The summed E-state index contributed by atoms with van der Waals surface area (Å²) in [6.07, 6.45) is 8.32. The number of rotatable bonds is 6. The van der Waals surface area contributed by atoms with Gasteiger partial charge in [-0.3, -0.25) is 4.79 Å². The fourth-order valence-electron chi connectivity index (χ4n) is 3.36. The second-order valence-electron chi connectivity index (χ2n) is 6.65. The molecule has 0 aliphatic heterocycles. The summed E-state index contributed by atoms with van der Waals surface area (Å²) in [5.74, 6) is 1.73. The molecule has 0 aromatic heterocycles. The van der Waals surface area contributed by atoms with Crippen LogP contribution < -0.4 is 5.32 Å². The summed E-state index contributed by atoms with van der Waals surface area (Å²) in [6, 6.07) is 0. The molecule has 3 heteroatoms. The normalized spacial score (nSPS) is 24.2. The summed E-state index contributed by atoms with van der Waals surface area (Å²) in [5.41, 5.74) is -0.0512. The van der Waals surface area contributed by atoms with Crippen LogP contribution in [0.3, 0.4) is 0 Å². The first-order valence-electron chi connectivity index (χ1n) is 7.46. The van der Waals surface area contributed by atoms with Crippen LogP contribution in [-0.4, -0.2) is 17.3 Å². The zero-order chi connectivity index (χ0) is 13.2. The Morgan fingerprint density at radius 1 is 1.33 bits per heavy atom. The largest absolute Gasteiger partial charge is 0.354 e. The van der Waals surface area contributed by atoms with E-state index in [0.717, 1.165) is 31.7 Å². The molecular formula is C15H26BrNO. The molecule has 2 aliphatic rings. The quantitative estimate of drug-likeness (QED) is 0.740. The zero-order valence-corrected chi connectivity index (χ0v) is 13.3. The van der Waals surface area contributed by atoms with Crippen molar-refractivity contribution in [2.45, 2.75) is 63.6 Å². The van der Waals surface area contributed by atoms with Crippen LogP contribution in [0.4, 0.5) is 0 Å². The van der Waals surface area contributed by atoms with Gasteiger partial charge in [-0.05, 0) is 43.9 Å². The Balaban J connectivity index is 1.87. The van der Waals surface area contributed by atoms with Crippen LogP contribution in [0.1, 0.15) is 58.8 Å². The van der Waals surface area contributed by atoms with Gasteiger partial charge in [0.25, 0.3) is 0 Å². The summed E-state index contributed by atoms with van der Waals surface area (Å²) in [4.78, 5) is 13.0. The van der Waals surface area contributed by atoms with Crippen molar-refractivity contribution in [1.82, 2.24) is 5.32 Å². The minimum absolute atomic E-state index is 0.0512. The van der Waals surface area contributed by atoms with Crippen LogP contribution in [0.25, 0.3) is 0 Å². The first kappa shape index (κ1) is 14.4. The van der Waals surface area contributed by atoms with Crippen molar-refractivity contribution in [3.63, 3.8) is 0 Å². The van der Waals surface area contributed by atoms with Crippen molar-refractivity contribution >= 4 is 21.8 Å². The lowest BCUT2D eigenvalue weighted by Crippen LogP contribution is -2.42. The van der Waals surface area contributed by atoms with Crippen LogP contribution >= 0.6 is 15.9 Å².